The van der Waals surface area contributed by atoms with Crippen molar-refractivity contribution >= 4 is 31.7 Å². The molecule has 4 nitrogen and oxygen atoms in total. The molecule has 0 aromatic heterocycles. The molecule has 0 radical (unpaired) electrons. The second-order valence-electron chi connectivity index (χ2n) is 7.16. The quantitative estimate of drug-likeness (QED) is 0.702. The summed E-state index contributed by atoms with van der Waals surface area (Å²) in [6.07, 6.45) is 0.589. The maximum Gasteiger partial charge on any atom is 0.279 e. The monoisotopic (exact) mass is 420 g/mol. The summed E-state index contributed by atoms with van der Waals surface area (Å²) in [5.74, 6) is 0. The summed E-state index contributed by atoms with van der Waals surface area (Å²) in [6.45, 7) is 6.17. The van der Waals surface area contributed by atoms with Crippen LogP contribution in [-0.2, 0) is 10.0 Å². The van der Waals surface area contributed by atoms with Crippen LogP contribution in [-0.4, -0.2) is 18.5 Å². The van der Waals surface area contributed by atoms with E-state index >= 15 is 0 Å². The maximum atomic E-state index is 13.2. The number of hydrogen-bond acceptors (Lipinski definition) is 3. The highest BCUT2D eigenvalue weighted by Gasteiger charge is 2.40. The van der Waals surface area contributed by atoms with E-state index in [9.17, 15) is 8.42 Å². The number of hydrogen-bond donors (Lipinski definition) is 0. The highest BCUT2D eigenvalue weighted by Crippen LogP contribution is 2.40. The third kappa shape index (κ3) is 3.65. The Morgan fingerprint density at radius 3 is 2.36 bits per heavy atom. The first-order valence-corrected chi connectivity index (χ1v) is 10.4. The summed E-state index contributed by atoms with van der Waals surface area (Å²) in [6, 6.07) is 15.9. The van der Waals surface area contributed by atoms with Gasteiger partial charge in [-0.3, -0.25) is 0 Å². The molecule has 0 amide bonds. The molecule has 0 fully saturated rings. The van der Waals surface area contributed by atoms with E-state index in [4.69, 9.17) is 0 Å². The third-order valence-corrected chi connectivity index (χ3v) is 6.45. The average Bonchev–Trinajstić information content (AvgIpc) is 3.02. The zero-order valence-electron chi connectivity index (χ0n) is 14.5. The van der Waals surface area contributed by atoms with Gasteiger partial charge in [-0.15, -0.1) is 0 Å². The van der Waals surface area contributed by atoms with Crippen molar-refractivity contribution in [1.29, 1.82) is 0 Å². The number of rotatable bonds is 3. The zero-order valence-corrected chi connectivity index (χ0v) is 16.9. The Balaban J connectivity index is 2.10. The fourth-order valence-corrected chi connectivity index (χ4v) is 4.70. The Kier molecular flexibility index (Phi) is 4.77. The molecule has 1 aliphatic rings. The smallest absolute Gasteiger partial charge is 0.200 e. The maximum absolute atomic E-state index is 13.2. The van der Waals surface area contributed by atoms with Crippen LogP contribution in [0, 0.1) is 5.41 Å². The first-order chi connectivity index (χ1) is 11.7. The SMILES string of the molecule is CC(C)(C)C1=NN(S(=O)(=O)c2ccccc2)[C@H](c2cccc(Br)c2)C1. The predicted molar refractivity (Wildman–Crippen MR) is 104 cm³/mol. The first kappa shape index (κ1) is 18.1. The minimum absolute atomic E-state index is 0.189. The summed E-state index contributed by atoms with van der Waals surface area (Å²) >= 11 is 3.47. The fraction of sp³-hybridized carbons (Fsp3) is 0.316. The van der Waals surface area contributed by atoms with E-state index in [1.807, 2.05) is 24.3 Å². The van der Waals surface area contributed by atoms with Gasteiger partial charge in [0.1, 0.15) is 0 Å². The van der Waals surface area contributed by atoms with E-state index < -0.39 is 10.0 Å². The van der Waals surface area contributed by atoms with Crippen molar-refractivity contribution in [2.24, 2.45) is 10.5 Å². The Morgan fingerprint density at radius 1 is 1.08 bits per heavy atom. The van der Waals surface area contributed by atoms with Crippen LogP contribution in [0.2, 0.25) is 0 Å². The van der Waals surface area contributed by atoms with Crippen molar-refractivity contribution in [2.45, 2.75) is 38.1 Å². The minimum atomic E-state index is -3.71. The molecule has 0 N–H and O–H groups in total. The lowest BCUT2D eigenvalue weighted by Gasteiger charge is -2.23. The molecular formula is C19H21BrN2O2S. The van der Waals surface area contributed by atoms with Crippen molar-refractivity contribution in [2.75, 3.05) is 0 Å². The molecule has 2 aromatic rings. The van der Waals surface area contributed by atoms with Gasteiger partial charge in [0.2, 0.25) is 0 Å². The molecule has 6 heteroatoms. The normalized spacial score (nSPS) is 18.3. The molecule has 0 saturated carbocycles. The van der Waals surface area contributed by atoms with E-state index in [-0.39, 0.29) is 16.4 Å². The molecule has 25 heavy (non-hydrogen) atoms. The third-order valence-electron chi connectivity index (χ3n) is 4.26. The molecule has 132 valence electrons. The van der Waals surface area contributed by atoms with Crippen LogP contribution in [0.1, 0.15) is 38.8 Å². The van der Waals surface area contributed by atoms with Crippen LogP contribution in [0.5, 0.6) is 0 Å². The largest absolute Gasteiger partial charge is 0.279 e. The molecule has 0 saturated heterocycles. The molecule has 1 aliphatic heterocycles. The van der Waals surface area contributed by atoms with Gasteiger partial charge < -0.3 is 0 Å². The number of hydrazone groups is 1. The fourth-order valence-electron chi connectivity index (χ4n) is 2.83. The van der Waals surface area contributed by atoms with E-state index in [2.05, 4.69) is 41.8 Å². The van der Waals surface area contributed by atoms with Crippen molar-refractivity contribution in [3.63, 3.8) is 0 Å². The number of nitrogens with zero attached hydrogens (tertiary/aromatic N) is 2. The van der Waals surface area contributed by atoms with Gasteiger partial charge in [-0.2, -0.15) is 17.9 Å². The topological polar surface area (TPSA) is 49.7 Å². The summed E-state index contributed by atoms with van der Waals surface area (Å²) in [7, 11) is -3.71. The molecule has 0 spiro atoms. The number of halogens is 1. The van der Waals surface area contributed by atoms with Gasteiger partial charge in [0.15, 0.2) is 0 Å². The summed E-state index contributed by atoms with van der Waals surface area (Å²) in [5, 5.41) is 4.54. The Hall–Kier alpha value is -1.66. The van der Waals surface area contributed by atoms with Gasteiger partial charge in [-0.1, -0.05) is 67.0 Å². The molecule has 0 unspecified atom stereocenters. The van der Waals surface area contributed by atoms with Crippen molar-refractivity contribution in [3.05, 3.63) is 64.6 Å². The average molecular weight is 421 g/mol. The predicted octanol–water partition coefficient (Wildman–Crippen LogP) is 4.99. The van der Waals surface area contributed by atoms with Crippen LogP contribution in [0.25, 0.3) is 0 Å². The first-order valence-electron chi connectivity index (χ1n) is 8.12. The van der Waals surface area contributed by atoms with Gasteiger partial charge in [-0.25, -0.2) is 0 Å². The van der Waals surface area contributed by atoms with Gasteiger partial charge in [0, 0.05) is 22.0 Å². The lowest BCUT2D eigenvalue weighted by atomic mass is 9.86. The molecule has 2 aromatic carbocycles. The Bertz CT molecular complexity index is 903. The van der Waals surface area contributed by atoms with E-state index in [0.29, 0.717) is 6.42 Å². The van der Waals surface area contributed by atoms with E-state index in [0.717, 1.165) is 15.7 Å². The summed E-state index contributed by atoms with van der Waals surface area (Å²) in [5.41, 5.74) is 1.62. The van der Waals surface area contributed by atoms with Gasteiger partial charge in [0.25, 0.3) is 10.0 Å². The Morgan fingerprint density at radius 2 is 1.76 bits per heavy atom. The molecular weight excluding hydrogens is 400 g/mol. The van der Waals surface area contributed by atoms with Crippen molar-refractivity contribution < 1.29 is 8.42 Å². The standard InChI is InChI=1S/C19H21BrN2O2S/c1-19(2,3)18-13-17(14-8-7-9-15(20)12-14)22(21-18)25(23,24)16-10-5-4-6-11-16/h4-12,17H,13H2,1-3H3/t17-/m0/s1. The number of benzene rings is 2. The second-order valence-corrected chi connectivity index (χ2v) is 9.87. The highest BCUT2D eigenvalue weighted by atomic mass is 79.9. The second kappa shape index (κ2) is 6.57. The zero-order chi connectivity index (χ0) is 18.2. The van der Waals surface area contributed by atoms with Crippen LogP contribution >= 0.6 is 15.9 Å². The van der Waals surface area contributed by atoms with Gasteiger partial charge in [0.05, 0.1) is 10.9 Å². The Labute approximate surface area is 157 Å². The summed E-state index contributed by atoms with van der Waals surface area (Å²) in [4.78, 5) is 0.258. The van der Waals surface area contributed by atoms with Crippen molar-refractivity contribution in [1.82, 2.24) is 4.41 Å². The molecule has 3 rings (SSSR count). The highest BCUT2D eigenvalue weighted by molar-refractivity contribution is 9.10. The minimum Gasteiger partial charge on any atom is -0.200 e. The van der Waals surface area contributed by atoms with Crippen LogP contribution in [0.3, 0.4) is 0 Å². The van der Waals surface area contributed by atoms with Gasteiger partial charge >= 0.3 is 0 Å². The van der Waals surface area contributed by atoms with Crippen LogP contribution in [0.4, 0.5) is 0 Å². The molecule has 1 heterocycles. The molecule has 0 aliphatic carbocycles. The van der Waals surface area contributed by atoms with Crippen LogP contribution in [0.15, 0.2) is 69.1 Å². The summed E-state index contributed by atoms with van der Waals surface area (Å²) < 4.78 is 28.6. The van der Waals surface area contributed by atoms with Crippen LogP contribution < -0.4 is 0 Å². The molecule has 0 bridgehead atoms. The number of sulfonamides is 1. The van der Waals surface area contributed by atoms with Gasteiger partial charge in [-0.05, 0) is 29.8 Å². The van der Waals surface area contributed by atoms with E-state index in [1.165, 1.54) is 4.41 Å². The molecule has 1 atom stereocenters. The lowest BCUT2D eigenvalue weighted by molar-refractivity contribution is 0.371. The van der Waals surface area contributed by atoms with Crippen molar-refractivity contribution in [3.8, 4) is 0 Å². The lowest BCUT2D eigenvalue weighted by Crippen LogP contribution is -2.27. The van der Waals surface area contributed by atoms with E-state index in [1.54, 1.807) is 30.3 Å².